The summed E-state index contributed by atoms with van der Waals surface area (Å²) in [7, 11) is 3.29. The van der Waals surface area contributed by atoms with Crippen LogP contribution in [-0.4, -0.2) is 134 Å². The molecule has 3 N–H and O–H groups in total. The fourth-order valence-corrected chi connectivity index (χ4v) is 6.33. The van der Waals surface area contributed by atoms with Crippen molar-refractivity contribution in [2.75, 3.05) is 21.3 Å². The van der Waals surface area contributed by atoms with E-state index < -0.39 is 111 Å². The van der Waals surface area contributed by atoms with Gasteiger partial charge in [0.25, 0.3) is 0 Å². The third kappa shape index (κ3) is 17.0. The number of aliphatic hydroxyl groups is 3. The van der Waals surface area contributed by atoms with Crippen molar-refractivity contribution in [3.05, 3.63) is 119 Å². The zero-order chi connectivity index (χ0) is 56.3. The zero-order valence-electron chi connectivity index (χ0n) is 38.5. The summed E-state index contributed by atoms with van der Waals surface area (Å²) in [4.78, 5) is 70.9. The minimum absolute atomic E-state index is 0. The van der Waals surface area contributed by atoms with E-state index in [0.29, 0.717) is 59.5 Å². The predicted molar refractivity (Wildman–Crippen MR) is 250 cm³/mol. The molecule has 0 bridgehead atoms. The SMILES string of the molecule is C.COC(=O)Cn1nc(-c2ccc(Cl)cc2)n(CC(O)C(F)(F)F)c1=O.COC(=O)Cn1nc(-c2ccc(Cl)cc2)n(C[C@@H](O)C(F)(F)F)c1=O.COC(=O)Cn1nc(-c2ccc(Cl)cc2)n(C[C@H](O)C(F)(F)F)c1=O. The molecule has 0 radical (unpaired) electrons. The molecule has 33 heteroatoms. The van der Waals surface area contributed by atoms with Crippen molar-refractivity contribution in [1.82, 2.24) is 43.0 Å². The zero-order valence-corrected chi connectivity index (χ0v) is 40.7. The van der Waals surface area contributed by atoms with Crippen LogP contribution >= 0.6 is 34.8 Å². The van der Waals surface area contributed by atoms with Crippen molar-refractivity contribution in [3.8, 4) is 34.2 Å². The molecule has 1 unspecified atom stereocenters. The third-order valence-electron chi connectivity index (χ3n) is 9.80. The Balaban J connectivity index is 0.000000298. The maximum absolute atomic E-state index is 12.6. The number of methoxy groups -OCH3 is 3. The molecule has 3 aromatic carbocycles. The Labute approximate surface area is 436 Å². The van der Waals surface area contributed by atoms with Gasteiger partial charge in [0.2, 0.25) is 0 Å². The number of aliphatic hydroxyl groups excluding tert-OH is 3. The largest absolute Gasteiger partial charge is 0.468 e. The molecule has 21 nitrogen and oxygen atoms in total. The number of hydrogen-bond acceptors (Lipinski definition) is 15. The predicted octanol–water partition coefficient (Wildman–Crippen LogP) is 5.02. The summed E-state index contributed by atoms with van der Waals surface area (Å²) in [5.74, 6) is -2.83. The number of ether oxygens (including phenoxy) is 3. The number of benzene rings is 3. The lowest BCUT2D eigenvalue weighted by Crippen LogP contribution is -2.37. The summed E-state index contributed by atoms with van der Waals surface area (Å²) in [6.45, 7) is -4.94. The minimum Gasteiger partial charge on any atom is -0.468 e. The lowest BCUT2D eigenvalue weighted by Gasteiger charge is -2.15. The van der Waals surface area contributed by atoms with Gasteiger partial charge in [0.1, 0.15) is 19.6 Å². The lowest BCUT2D eigenvalue weighted by atomic mass is 10.2. The molecule has 3 atom stereocenters. The minimum atomic E-state index is -4.92. The Morgan fingerprint density at radius 2 is 0.658 bits per heavy atom. The van der Waals surface area contributed by atoms with Gasteiger partial charge in [-0.2, -0.15) is 39.5 Å². The molecule has 0 saturated heterocycles. The second kappa shape index (κ2) is 26.7. The van der Waals surface area contributed by atoms with Gasteiger partial charge in [0.05, 0.1) is 41.0 Å². The number of carbonyl (C=O) groups is 3. The molecule has 0 amide bonds. The van der Waals surface area contributed by atoms with Gasteiger partial charge in [-0.25, -0.2) is 28.4 Å². The molecule has 0 aliphatic rings. The number of aromatic nitrogens is 9. The van der Waals surface area contributed by atoms with E-state index in [1.54, 1.807) is 0 Å². The number of esters is 3. The fourth-order valence-electron chi connectivity index (χ4n) is 5.95. The number of rotatable bonds is 15. The maximum atomic E-state index is 12.6. The second-order valence-corrected chi connectivity index (χ2v) is 16.4. The van der Waals surface area contributed by atoms with Gasteiger partial charge in [0, 0.05) is 31.8 Å². The first kappa shape index (κ1) is 63.3. The van der Waals surface area contributed by atoms with Crippen LogP contribution in [0.25, 0.3) is 34.2 Å². The first-order valence-electron chi connectivity index (χ1n) is 20.7. The topological polar surface area (TPSA) is 259 Å². The quantitative estimate of drug-likeness (QED) is 0.0693. The molecule has 0 aliphatic heterocycles. The summed E-state index contributed by atoms with van der Waals surface area (Å²) < 4.78 is 131. The van der Waals surface area contributed by atoms with E-state index in [-0.39, 0.29) is 24.9 Å². The van der Waals surface area contributed by atoms with Crippen molar-refractivity contribution in [3.63, 3.8) is 0 Å². The summed E-state index contributed by atoms with van der Waals surface area (Å²) in [6, 6.07) is 17.5. The van der Waals surface area contributed by atoms with E-state index >= 15 is 0 Å². The molecule has 3 heterocycles. The van der Waals surface area contributed by atoms with Crippen LogP contribution in [0.5, 0.6) is 0 Å². The number of nitrogens with zero attached hydrogens (tertiary/aromatic N) is 9. The third-order valence-corrected chi connectivity index (χ3v) is 10.6. The van der Waals surface area contributed by atoms with Crippen LogP contribution in [0.15, 0.2) is 87.2 Å². The van der Waals surface area contributed by atoms with E-state index in [2.05, 4.69) is 29.5 Å². The van der Waals surface area contributed by atoms with E-state index in [1.807, 2.05) is 0 Å². The molecule has 6 aromatic rings. The highest BCUT2D eigenvalue weighted by Gasteiger charge is 2.41. The van der Waals surface area contributed by atoms with Crippen molar-refractivity contribution < 1.29 is 83.4 Å². The molecule has 76 heavy (non-hydrogen) atoms. The number of hydrogen-bond donors (Lipinski definition) is 3. The molecular formula is C43H43Cl3F9N9O12. The Kier molecular flexibility index (Phi) is 22.2. The van der Waals surface area contributed by atoms with Crippen molar-refractivity contribution in [2.45, 2.75) is 83.5 Å². The van der Waals surface area contributed by atoms with Crippen LogP contribution in [0.3, 0.4) is 0 Å². The molecule has 0 saturated carbocycles. The van der Waals surface area contributed by atoms with Crippen LogP contribution in [0.1, 0.15) is 7.43 Å². The van der Waals surface area contributed by atoms with E-state index in [0.717, 1.165) is 21.3 Å². The van der Waals surface area contributed by atoms with E-state index in [1.165, 1.54) is 72.8 Å². The average Bonchev–Trinajstić information content (AvgIpc) is 3.93. The number of halogens is 12. The molecule has 0 spiro atoms. The first-order valence-corrected chi connectivity index (χ1v) is 21.8. The van der Waals surface area contributed by atoms with E-state index in [4.69, 9.17) is 34.8 Å². The standard InChI is InChI=1S/3C14H13ClF3N3O4.CH4/c3*1-25-11(23)7-21-13(24)20(6-10(22)14(16,17)18)12(19-21)8-2-4-9(15)5-3-8;/h3*2-5,10,22H,6-7H2,1H3;1H4/t2*10-;;/m10../s1. The van der Waals surface area contributed by atoms with Gasteiger partial charge >= 0.3 is 53.5 Å². The molecule has 6 rings (SSSR count). The van der Waals surface area contributed by atoms with Gasteiger partial charge < -0.3 is 29.5 Å². The first-order chi connectivity index (χ1) is 34.9. The molecule has 0 aliphatic carbocycles. The Bertz CT molecular complexity index is 2770. The molecule has 3 aromatic heterocycles. The van der Waals surface area contributed by atoms with Gasteiger partial charge in [-0.1, -0.05) is 42.2 Å². The van der Waals surface area contributed by atoms with Gasteiger partial charge in [-0.15, -0.1) is 15.3 Å². The Hall–Kier alpha value is -6.99. The van der Waals surface area contributed by atoms with Gasteiger partial charge in [-0.3, -0.25) is 28.1 Å². The van der Waals surface area contributed by atoms with Gasteiger partial charge in [-0.05, 0) is 72.8 Å². The van der Waals surface area contributed by atoms with Crippen LogP contribution in [0.4, 0.5) is 39.5 Å². The normalized spacial score (nSPS) is 12.7. The lowest BCUT2D eigenvalue weighted by molar-refractivity contribution is -0.207. The fraction of sp³-hybridized carbons (Fsp3) is 0.372. The van der Waals surface area contributed by atoms with Crippen LogP contribution in [-0.2, 0) is 67.9 Å². The highest BCUT2D eigenvalue weighted by atomic mass is 35.5. The number of carbonyl (C=O) groups excluding carboxylic acids is 3. The molecular weight excluding hydrogens is 1110 g/mol. The maximum Gasteiger partial charge on any atom is 0.416 e. The summed E-state index contributed by atoms with van der Waals surface area (Å²) in [5.41, 5.74) is -2.09. The summed E-state index contributed by atoms with van der Waals surface area (Å²) >= 11 is 17.3. The number of alkyl halides is 9. The van der Waals surface area contributed by atoms with Crippen molar-refractivity contribution in [1.29, 1.82) is 0 Å². The Morgan fingerprint density at radius 1 is 0.461 bits per heavy atom. The highest BCUT2D eigenvalue weighted by Crippen LogP contribution is 2.27. The molecule has 416 valence electrons. The average molecular weight is 1160 g/mol. The summed E-state index contributed by atoms with van der Waals surface area (Å²) in [6.07, 6.45) is -23.1. The van der Waals surface area contributed by atoms with Crippen molar-refractivity contribution >= 4 is 52.7 Å². The van der Waals surface area contributed by atoms with E-state index in [9.17, 15) is 83.6 Å². The second-order valence-electron chi connectivity index (χ2n) is 15.0. The smallest absolute Gasteiger partial charge is 0.416 e. The highest BCUT2D eigenvalue weighted by molar-refractivity contribution is 6.31. The molecule has 0 fully saturated rings. The van der Waals surface area contributed by atoms with Crippen molar-refractivity contribution in [2.24, 2.45) is 0 Å². The van der Waals surface area contributed by atoms with Crippen LogP contribution in [0, 0.1) is 0 Å². The van der Waals surface area contributed by atoms with Gasteiger partial charge in [0.15, 0.2) is 35.8 Å². The van der Waals surface area contributed by atoms with Crippen LogP contribution in [0.2, 0.25) is 15.1 Å². The monoisotopic (exact) mass is 1150 g/mol. The Morgan fingerprint density at radius 3 is 0.829 bits per heavy atom. The summed E-state index contributed by atoms with van der Waals surface area (Å²) in [5, 5.41) is 40.6. The van der Waals surface area contributed by atoms with Crippen LogP contribution < -0.4 is 17.1 Å².